The summed E-state index contributed by atoms with van der Waals surface area (Å²) in [6.45, 7) is 1.97. The topological polar surface area (TPSA) is 42.0 Å². The van der Waals surface area contributed by atoms with Crippen molar-refractivity contribution in [3.05, 3.63) is 95.7 Å². The third-order valence-corrected chi connectivity index (χ3v) is 3.97. The highest BCUT2D eigenvalue weighted by atomic mass is 16.1. The molecule has 0 bridgehead atoms. The molecule has 1 aromatic heterocycles. The smallest absolute Gasteiger partial charge is 0.226 e. The van der Waals surface area contributed by atoms with Crippen molar-refractivity contribution in [1.82, 2.24) is 4.98 Å². The minimum absolute atomic E-state index is 0.0258. The number of hydrogen-bond donors (Lipinski definition) is 1. The van der Waals surface area contributed by atoms with Crippen LogP contribution in [-0.2, 0) is 4.79 Å². The van der Waals surface area contributed by atoms with Crippen molar-refractivity contribution in [3.8, 4) is 0 Å². The number of pyridine rings is 1. The molecule has 0 aliphatic heterocycles. The average Bonchev–Trinajstić information content (AvgIpc) is 2.63. The Morgan fingerprint density at radius 1 is 0.917 bits per heavy atom. The highest BCUT2D eigenvalue weighted by molar-refractivity contribution is 5.90. The lowest BCUT2D eigenvalue weighted by Gasteiger charge is -2.17. The molecule has 120 valence electrons. The van der Waals surface area contributed by atoms with E-state index in [-0.39, 0.29) is 11.8 Å². The van der Waals surface area contributed by atoms with Crippen LogP contribution in [0.4, 0.5) is 5.82 Å². The van der Waals surface area contributed by atoms with Gasteiger partial charge in [0, 0.05) is 18.5 Å². The van der Waals surface area contributed by atoms with Gasteiger partial charge in [-0.3, -0.25) is 4.79 Å². The van der Waals surface area contributed by atoms with Crippen LogP contribution in [0.25, 0.3) is 0 Å². The van der Waals surface area contributed by atoms with E-state index < -0.39 is 0 Å². The second-order valence-electron chi connectivity index (χ2n) is 5.85. The summed E-state index contributed by atoms with van der Waals surface area (Å²) in [7, 11) is 0. The predicted octanol–water partition coefficient (Wildman–Crippen LogP) is 4.55. The number of carbonyl (C=O) groups is 1. The molecule has 24 heavy (non-hydrogen) atoms. The van der Waals surface area contributed by atoms with Crippen molar-refractivity contribution in [3.63, 3.8) is 0 Å². The minimum atomic E-state index is -0.0379. The van der Waals surface area contributed by atoms with Gasteiger partial charge >= 0.3 is 0 Å². The fraction of sp³-hybridized carbons (Fsp3) is 0.143. The zero-order chi connectivity index (χ0) is 16.8. The summed E-state index contributed by atoms with van der Waals surface area (Å²) in [6.07, 6.45) is 2.13. The van der Waals surface area contributed by atoms with E-state index in [1.54, 1.807) is 6.20 Å². The third-order valence-electron chi connectivity index (χ3n) is 3.97. The average molecular weight is 316 g/mol. The summed E-state index contributed by atoms with van der Waals surface area (Å²) in [4.78, 5) is 16.7. The fourth-order valence-corrected chi connectivity index (χ4v) is 2.72. The van der Waals surface area contributed by atoms with Gasteiger partial charge in [0.25, 0.3) is 0 Å². The first-order chi connectivity index (χ1) is 11.7. The van der Waals surface area contributed by atoms with E-state index in [0.29, 0.717) is 12.2 Å². The molecule has 0 aliphatic rings. The van der Waals surface area contributed by atoms with Gasteiger partial charge in [0.2, 0.25) is 5.91 Å². The van der Waals surface area contributed by atoms with Crippen LogP contribution in [0.1, 0.15) is 29.0 Å². The molecule has 3 heteroatoms. The highest BCUT2D eigenvalue weighted by Gasteiger charge is 2.18. The van der Waals surface area contributed by atoms with E-state index in [9.17, 15) is 4.79 Å². The maximum atomic E-state index is 12.5. The van der Waals surface area contributed by atoms with Crippen molar-refractivity contribution in [2.45, 2.75) is 19.3 Å². The number of hydrogen-bond acceptors (Lipinski definition) is 2. The van der Waals surface area contributed by atoms with Gasteiger partial charge in [0.05, 0.1) is 0 Å². The Morgan fingerprint density at radius 2 is 1.50 bits per heavy atom. The van der Waals surface area contributed by atoms with E-state index >= 15 is 0 Å². The summed E-state index contributed by atoms with van der Waals surface area (Å²) in [5.74, 6) is 0.576. The van der Waals surface area contributed by atoms with Crippen LogP contribution < -0.4 is 5.32 Å². The summed E-state index contributed by atoms with van der Waals surface area (Å²) in [6, 6.07) is 24.0. The highest BCUT2D eigenvalue weighted by Crippen LogP contribution is 2.28. The SMILES string of the molecule is Cc1ccc(NC(=O)CC(c2ccccc2)c2ccccc2)nc1. The summed E-state index contributed by atoms with van der Waals surface area (Å²) in [5.41, 5.74) is 3.34. The summed E-state index contributed by atoms with van der Waals surface area (Å²) < 4.78 is 0. The molecule has 1 N–H and O–H groups in total. The van der Waals surface area contributed by atoms with Crippen molar-refractivity contribution in [2.75, 3.05) is 5.32 Å². The summed E-state index contributed by atoms with van der Waals surface area (Å²) in [5, 5.41) is 2.89. The Bertz CT molecular complexity index is 744. The number of amides is 1. The number of carbonyl (C=O) groups excluding carboxylic acids is 1. The van der Waals surface area contributed by atoms with Crippen LogP contribution in [0.5, 0.6) is 0 Å². The Hall–Kier alpha value is -2.94. The molecule has 0 saturated heterocycles. The van der Waals surface area contributed by atoms with Crippen LogP contribution >= 0.6 is 0 Å². The Kier molecular flexibility index (Phi) is 5.02. The van der Waals surface area contributed by atoms with Gasteiger partial charge in [0.1, 0.15) is 5.82 Å². The van der Waals surface area contributed by atoms with Crippen LogP contribution in [0.2, 0.25) is 0 Å². The second kappa shape index (κ2) is 7.55. The lowest BCUT2D eigenvalue weighted by atomic mass is 9.88. The quantitative estimate of drug-likeness (QED) is 0.750. The molecule has 3 aromatic rings. The van der Waals surface area contributed by atoms with E-state index in [0.717, 1.165) is 16.7 Å². The number of nitrogens with one attached hydrogen (secondary N) is 1. The largest absolute Gasteiger partial charge is 0.311 e. The van der Waals surface area contributed by atoms with Crippen LogP contribution in [-0.4, -0.2) is 10.9 Å². The molecule has 0 atom stereocenters. The zero-order valence-electron chi connectivity index (χ0n) is 13.6. The lowest BCUT2D eigenvalue weighted by molar-refractivity contribution is -0.116. The van der Waals surface area contributed by atoms with Crippen LogP contribution in [0.15, 0.2) is 79.0 Å². The van der Waals surface area contributed by atoms with Gasteiger partial charge in [-0.1, -0.05) is 66.7 Å². The molecule has 1 heterocycles. The molecule has 3 rings (SSSR count). The van der Waals surface area contributed by atoms with Gasteiger partial charge < -0.3 is 5.32 Å². The Morgan fingerprint density at radius 3 is 2.00 bits per heavy atom. The van der Waals surface area contributed by atoms with Gasteiger partial charge in [-0.25, -0.2) is 4.98 Å². The number of benzene rings is 2. The number of aryl methyl sites for hydroxylation is 1. The van der Waals surface area contributed by atoms with Gasteiger partial charge in [0.15, 0.2) is 0 Å². The van der Waals surface area contributed by atoms with Gasteiger partial charge in [-0.2, -0.15) is 0 Å². The molecular formula is C21H20N2O. The van der Waals surface area contributed by atoms with Gasteiger partial charge in [-0.05, 0) is 29.7 Å². The molecule has 0 aliphatic carbocycles. The molecule has 0 fully saturated rings. The maximum absolute atomic E-state index is 12.5. The Balaban J connectivity index is 1.79. The van der Waals surface area contributed by atoms with Crippen LogP contribution in [0.3, 0.4) is 0 Å². The van der Waals surface area contributed by atoms with Crippen LogP contribution in [0, 0.1) is 6.92 Å². The van der Waals surface area contributed by atoms with E-state index in [1.165, 1.54) is 0 Å². The molecule has 3 nitrogen and oxygen atoms in total. The first-order valence-corrected chi connectivity index (χ1v) is 8.05. The first-order valence-electron chi connectivity index (χ1n) is 8.05. The lowest BCUT2D eigenvalue weighted by Crippen LogP contribution is -2.17. The summed E-state index contributed by atoms with van der Waals surface area (Å²) >= 11 is 0. The van der Waals surface area contributed by atoms with E-state index in [4.69, 9.17) is 0 Å². The number of rotatable bonds is 5. The monoisotopic (exact) mass is 316 g/mol. The third kappa shape index (κ3) is 4.07. The van der Waals surface area contributed by atoms with Crippen molar-refractivity contribution < 1.29 is 4.79 Å². The van der Waals surface area contributed by atoms with Crippen molar-refractivity contribution >= 4 is 11.7 Å². The van der Waals surface area contributed by atoms with E-state index in [2.05, 4.69) is 34.6 Å². The molecule has 0 radical (unpaired) electrons. The number of nitrogens with zero attached hydrogens (tertiary/aromatic N) is 1. The van der Waals surface area contributed by atoms with Crippen molar-refractivity contribution in [2.24, 2.45) is 0 Å². The molecular weight excluding hydrogens is 296 g/mol. The molecule has 0 saturated carbocycles. The molecule has 2 aromatic carbocycles. The standard InChI is InChI=1S/C21H20N2O/c1-16-12-13-20(22-15-16)23-21(24)14-19(17-8-4-2-5-9-17)18-10-6-3-7-11-18/h2-13,15,19H,14H2,1H3,(H,22,23,24). The second-order valence-corrected chi connectivity index (χ2v) is 5.85. The molecule has 0 unspecified atom stereocenters. The molecule has 1 amide bonds. The molecule has 0 spiro atoms. The van der Waals surface area contributed by atoms with E-state index in [1.807, 2.05) is 55.5 Å². The predicted molar refractivity (Wildman–Crippen MR) is 96.9 cm³/mol. The minimum Gasteiger partial charge on any atom is -0.311 e. The zero-order valence-corrected chi connectivity index (χ0v) is 13.6. The first kappa shape index (κ1) is 15.9. The number of anilines is 1. The maximum Gasteiger partial charge on any atom is 0.226 e. The Labute approximate surface area is 142 Å². The number of aromatic nitrogens is 1. The fourth-order valence-electron chi connectivity index (χ4n) is 2.72. The van der Waals surface area contributed by atoms with Gasteiger partial charge in [-0.15, -0.1) is 0 Å². The van der Waals surface area contributed by atoms with Crippen molar-refractivity contribution in [1.29, 1.82) is 0 Å². The normalized spacial score (nSPS) is 10.6.